The molecule has 3 atom stereocenters. The molecule has 0 radical (unpaired) electrons. The standard InChI is InChI=1S/C23H38N4O16/c1-17(42-23(30)38-13-7-8-14-39-25(31)32)41-21(28)20(15-18-9-3-2-4-10-18)24-22(29)37-12-6-5-11-19(43-27(35)36)16-40-26(33)34/h2-4,9-10,17,19-20,31-36H,5-8,11-16H2,1H3,(H,24,29). The highest BCUT2D eigenvalue weighted by Gasteiger charge is 2.26. The van der Waals surface area contributed by atoms with Gasteiger partial charge in [0.2, 0.25) is 6.29 Å². The van der Waals surface area contributed by atoms with Gasteiger partial charge < -0.3 is 24.3 Å². The lowest BCUT2D eigenvalue weighted by Gasteiger charge is -2.21. The van der Waals surface area contributed by atoms with Crippen LogP contribution in [0.1, 0.15) is 44.6 Å². The number of rotatable bonds is 22. The molecule has 0 aliphatic carbocycles. The van der Waals surface area contributed by atoms with Crippen molar-refractivity contribution in [3.63, 3.8) is 0 Å². The lowest BCUT2D eigenvalue weighted by Crippen LogP contribution is -2.45. The first-order valence-corrected chi connectivity index (χ1v) is 12.9. The Morgan fingerprint density at radius 1 is 0.791 bits per heavy atom. The van der Waals surface area contributed by atoms with E-state index in [9.17, 15) is 14.4 Å². The number of hydrogen-bond donors (Lipinski definition) is 7. The van der Waals surface area contributed by atoms with E-state index >= 15 is 0 Å². The SMILES string of the molecule is CC(OC(=O)OCCCCON(O)O)OC(=O)C(Cc1ccccc1)NC(=O)OCCCCC(CON(O)O)ON(O)O. The molecule has 0 aromatic heterocycles. The average molecular weight is 627 g/mol. The first-order chi connectivity index (χ1) is 20.5. The molecule has 246 valence electrons. The number of carbonyl (C=O) groups is 3. The summed E-state index contributed by atoms with van der Waals surface area (Å²) in [4.78, 5) is 50.4. The lowest BCUT2D eigenvalue weighted by atomic mass is 10.1. The molecule has 0 spiro atoms. The van der Waals surface area contributed by atoms with Crippen molar-refractivity contribution in [2.24, 2.45) is 0 Å². The molecule has 1 rings (SSSR count). The molecular formula is C23H38N4O16. The van der Waals surface area contributed by atoms with Gasteiger partial charge in [0.25, 0.3) is 0 Å². The Balaban J connectivity index is 2.52. The van der Waals surface area contributed by atoms with E-state index in [1.54, 1.807) is 30.3 Å². The Morgan fingerprint density at radius 3 is 2.07 bits per heavy atom. The van der Waals surface area contributed by atoms with Crippen molar-refractivity contribution >= 4 is 18.2 Å². The van der Waals surface area contributed by atoms with Crippen LogP contribution >= 0.6 is 0 Å². The average Bonchev–Trinajstić information content (AvgIpc) is 2.92. The smallest absolute Gasteiger partial charge is 0.450 e. The third-order valence-electron chi connectivity index (χ3n) is 5.14. The maximum Gasteiger partial charge on any atom is 0.511 e. The largest absolute Gasteiger partial charge is 0.511 e. The third-order valence-corrected chi connectivity index (χ3v) is 5.14. The van der Waals surface area contributed by atoms with E-state index in [4.69, 9.17) is 50.2 Å². The summed E-state index contributed by atoms with van der Waals surface area (Å²) in [5.74, 6) is -0.921. The van der Waals surface area contributed by atoms with Crippen LogP contribution in [0.5, 0.6) is 0 Å². The van der Waals surface area contributed by atoms with Crippen LogP contribution in [0.4, 0.5) is 9.59 Å². The predicted octanol–water partition coefficient (Wildman–Crippen LogP) is 1.72. The van der Waals surface area contributed by atoms with Gasteiger partial charge in [0, 0.05) is 13.3 Å². The number of hydrogen-bond acceptors (Lipinski definition) is 19. The molecule has 0 bridgehead atoms. The molecule has 20 nitrogen and oxygen atoms in total. The summed E-state index contributed by atoms with van der Waals surface area (Å²) in [6, 6.07) is 7.48. The topological polar surface area (TPSA) is 259 Å². The van der Waals surface area contributed by atoms with E-state index in [1.807, 2.05) is 0 Å². The van der Waals surface area contributed by atoms with E-state index < -0.39 is 59.4 Å². The zero-order valence-electron chi connectivity index (χ0n) is 23.3. The van der Waals surface area contributed by atoms with Crippen LogP contribution in [-0.2, 0) is 44.7 Å². The number of alkyl carbamates (subject to hydrolysis) is 1. The van der Waals surface area contributed by atoms with Crippen molar-refractivity contribution in [1.29, 1.82) is 0 Å². The summed E-state index contributed by atoms with van der Waals surface area (Å²) in [5, 5.41) is 52.4. The van der Waals surface area contributed by atoms with Gasteiger partial charge in [-0.15, -0.1) is 0 Å². The minimum atomic E-state index is -1.37. The first kappa shape index (κ1) is 37.8. The van der Waals surface area contributed by atoms with Gasteiger partial charge in [0.1, 0.15) is 18.8 Å². The molecule has 0 heterocycles. The van der Waals surface area contributed by atoms with Crippen molar-refractivity contribution < 1.29 is 79.1 Å². The van der Waals surface area contributed by atoms with Gasteiger partial charge in [-0.2, -0.15) is 0 Å². The third kappa shape index (κ3) is 20.3. The number of nitrogens with zero attached hydrogens (tertiary/aromatic N) is 3. The highest BCUT2D eigenvalue weighted by Crippen LogP contribution is 2.10. The highest BCUT2D eigenvalue weighted by atomic mass is 17.1. The van der Waals surface area contributed by atoms with Crippen molar-refractivity contribution in [3.8, 4) is 0 Å². The van der Waals surface area contributed by atoms with E-state index in [0.717, 1.165) is 0 Å². The zero-order chi connectivity index (χ0) is 32.0. The summed E-state index contributed by atoms with van der Waals surface area (Å²) >= 11 is 0. The van der Waals surface area contributed by atoms with Crippen LogP contribution in [0, 0.1) is 0 Å². The number of unbranched alkanes of at least 4 members (excludes halogenated alkanes) is 2. The second-order valence-corrected chi connectivity index (χ2v) is 8.56. The maximum absolute atomic E-state index is 12.8. The fourth-order valence-electron chi connectivity index (χ4n) is 3.26. The van der Waals surface area contributed by atoms with Crippen molar-refractivity contribution in [2.75, 3.05) is 26.4 Å². The van der Waals surface area contributed by atoms with Crippen LogP contribution in [0.3, 0.4) is 0 Å². The normalized spacial score (nSPS) is 13.4. The Labute approximate surface area is 245 Å². The van der Waals surface area contributed by atoms with Crippen LogP contribution < -0.4 is 5.32 Å². The summed E-state index contributed by atoms with van der Waals surface area (Å²) in [7, 11) is 0. The number of ether oxygens (including phenoxy) is 4. The van der Waals surface area contributed by atoms with E-state index in [2.05, 4.69) is 19.8 Å². The van der Waals surface area contributed by atoms with Crippen molar-refractivity contribution in [3.05, 3.63) is 35.9 Å². The number of esters is 1. The molecule has 1 aromatic carbocycles. The van der Waals surface area contributed by atoms with E-state index in [0.29, 0.717) is 24.8 Å². The van der Waals surface area contributed by atoms with Gasteiger partial charge >= 0.3 is 18.2 Å². The van der Waals surface area contributed by atoms with Crippen LogP contribution in [0.25, 0.3) is 0 Å². The van der Waals surface area contributed by atoms with Crippen LogP contribution in [0.2, 0.25) is 0 Å². The first-order valence-electron chi connectivity index (χ1n) is 12.9. The molecule has 0 saturated carbocycles. The highest BCUT2D eigenvalue weighted by molar-refractivity contribution is 5.81. The van der Waals surface area contributed by atoms with Crippen LogP contribution in [-0.4, -0.2) is 110 Å². The van der Waals surface area contributed by atoms with Gasteiger partial charge in [-0.1, -0.05) is 30.3 Å². The van der Waals surface area contributed by atoms with Gasteiger partial charge in [0.15, 0.2) is 0 Å². The lowest BCUT2D eigenvalue weighted by molar-refractivity contribution is -0.527. The monoisotopic (exact) mass is 626 g/mol. The van der Waals surface area contributed by atoms with E-state index in [-0.39, 0.29) is 39.1 Å². The van der Waals surface area contributed by atoms with Gasteiger partial charge in [-0.3, -0.25) is 36.1 Å². The molecule has 7 N–H and O–H groups in total. The molecule has 20 heteroatoms. The number of nitrogens with one attached hydrogen (secondary N) is 1. The second kappa shape index (κ2) is 22.3. The fraction of sp³-hybridized carbons (Fsp3) is 0.609. The Bertz CT molecular complexity index is 911. The molecule has 0 fully saturated rings. The number of amides is 1. The molecule has 3 unspecified atom stereocenters. The predicted molar refractivity (Wildman–Crippen MR) is 133 cm³/mol. The molecule has 0 aliphatic heterocycles. The Hall–Kier alpha value is -3.25. The quantitative estimate of drug-likeness (QED) is 0.0317. The summed E-state index contributed by atoms with van der Waals surface area (Å²) in [6.45, 7) is 0.620. The van der Waals surface area contributed by atoms with E-state index in [1.165, 1.54) is 6.92 Å². The molecule has 0 aliphatic rings. The zero-order valence-corrected chi connectivity index (χ0v) is 23.3. The Morgan fingerprint density at radius 2 is 1.42 bits per heavy atom. The van der Waals surface area contributed by atoms with Crippen molar-refractivity contribution in [2.45, 2.75) is 63.9 Å². The summed E-state index contributed by atoms with van der Waals surface area (Å²) in [5.41, 5.74) is 0.687. The van der Waals surface area contributed by atoms with Gasteiger partial charge in [-0.25, -0.2) is 24.1 Å². The molecular weight excluding hydrogens is 588 g/mol. The molecule has 1 aromatic rings. The van der Waals surface area contributed by atoms with Crippen LogP contribution in [0.15, 0.2) is 30.3 Å². The number of carbonyl (C=O) groups excluding carboxylic acids is 3. The maximum atomic E-state index is 12.8. The summed E-state index contributed by atoms with van der Waals surface area (Å²) < 4.78 is 20.0. The molecule has 0 saturated heterocycles. The second-order valence-electron chi connectivity index (χ2n) is 8.56. The van der Waals surface area contributed by atoms with Gasteiger partial charge in [-0.05, 0) is 37.7 Å². The number of benzene rings is 1. The molecule has 43 heavy (non-hydrogen) atoms. The van der Waals surface area contributed by atoms with Gasteiger partial charge in [0.05, 0.1) is 36.0 Å². The van der Waals surface area contributed by atoms with Crippen molar-refractivity contribution in [1.82, 2.24) is 21.5 Å². The molecule has 1 amide bonds. The summed E-state index contributed by atoms with van der Waals surface area (Å²) in [6.07, 6.45) is -2.99. The minimum Gasteiger partial charge on any atom is -0.450 e. The minimum absolute atomic E-state index is 0.0255. The fourth-order valence-corrected chi connectivity index (χ4v) is 3.26. The Kier molecular flexibility index (Phi) is 19.6.